The van der Waals surface area contributed by atoms with Crippen LogP contribution >= 0.6 is 0 Å². The van der Waals surface area contributed by atoms with E-state index in [-0.39, 0.29) is 12.5 Å². The fourth-order valence-corrected chi connectivity index (χ4v) is 4.97. The third-order valence-electron chi connectivity index (χ3n) is 6.52. The molecule has 0 aliphatic carbocycles. The van der Waals surface area contributed by atoms with Gasteiger partial charge in [-0.25, -0.2) is 32.5 Å². The maximum Gasteiger partial charge on any atom is 0.224 e. The van der Waals surface area contributed by atoms with E-state index >= 15 is 0 Å². The van der Waals surface area contributed by atoms with Crippen molar-refractivity contribution >= 4 is 43.8 Å². The summed E-state index contributed by atoms with van der Waals surface area (Å²) >= 11 is 0. The molecule has 0 aliphatic heterocycles. The van der Waals surface area contributed by atoms with Crippen LogP contribution in [-0.2, 0) is 21.4 Å². The van der Waals surface area contributed by atoms with Gasteiger partial charge < -0.3 is 10.3 Å². The summed E-state index contributed by atoms with van der Waals surface area (Å²) < 4.78 is 40.0. The van der Waals surface area contributed by atoms with Crippen LogP contribution in [0.1, 0.15) is 18.9 Å². The number of pyridine rings is 3. The normalized spacial score (nSPS) is 11.8. The van der Waals surface area contributed by atoms with Crippen LogP contribution in [0.25, 0.3) is 56.0 Å². The van der Waals surface area contributed by atoms with Gasteiger partial charge in [-0.1, -0.05) is 6.92 Å². The van der Waals surface area contributed by atoms with Crippen molar-refractivity contribution in [2.45, 2.75) is 19.9 Å². The minimum absolute atomic E-state index is 0.0507. The van der Waals surface area contributed by atoms with Gasteiger partial charge >= 0.3 is 0 Å². The van der Waals surface area contributed by atoms with Gasteiger partial charge in [0, 0.05) is 48.2 Å². The number of aromatic nitrogens is 7. The van der Waals surface area contributed by atoms with Crippen LogP contribution in [0.5, 0.6) is 0 Å². The number of halogens is 1. The Morgan fingerprint density at radius 1 is 1.00 bits per heavy atom. The van der Waals surface area contributed by atoms with Gasteiger partial charge in [-0.3, -0.25) is 14.9 Å². The number of rotatable bonds is 8. The highest BCUT2D eigenvalue weighted by Gasteiger charge is 2.17. The van der Waals surface area contributed by atoms with Crippen molar-refractivity contribution in [3.63, 3.8) is 0 Å². The largest absolute Gasteiger partial charge is 0.335 e. The van der Waals surface area contributed by atoms with E-state index < -0.39 is 15.8 Å². The number of aromatic amines is 2. The molecule has 0 radical (unpaired) electrons. The predicted molar refractivity (Wildman–Crippen MR) is 156 cm³/mol. The summed E-state index contributed by atoms with van der Waals surface area (Å²) in [5.41, 5.74) is 5.74. The summed E-state index contributed by atoms with van der Waals surface area (Å²) in [6.07, 6.45) is 7.90. The number of carbonyl (C=O) groups excluding carboxylic acids is 1. The molecule has 14 heteroatoms. The maximum absolute atomic E-state index is 14.6. The van der Waals surface area contributed by atoms with Crippen LogP contribution in [0.15, 0.2) is 61.2 Å². The predicted octanol–water partition coefficient (Wildman–Crippen LogP) is 4.16. The molecule has 0 bridgehead atoms. The summed E-state index contributed by atoms with van der Waals surface area (Å²) in [6, 6.07) is 9.81. The molecule has 0 atom stereocenters. The van der Waals surface area contributed by atoms with Crippen molar-refractivity contribution in [2.24, 2.45) is 0 Å². The maximum atomic E-state index is 14.6. The number of hydrogen-bond donors (Lipinski definition) is 4. The topological polar surface area (TPSA) is 171 Å². The second-order valence-electron chi connectivity index (χ2n) is 9.64. The van der Waals surface area contributed by atoms with Gasteiger partial charge in [0.15, 0.2) is 17.1 Å². The van der Waals surface area contributed by atoms with Crippen molar-refractivity contribution in [1.82, 2.24) is 39.8 Å². The van der Waals surface area contributed by atoms with Gasteiger partial charge in [0.25, 0.3) is 0 Å². The zero-order valence-corrected chi connectivity index (χ0v) is 23.3. The number of benzene rings is 1. The number of imidazole rings is 1. The number of amides is 1. The van der Waals surface area contributed by atoms with Crippen molar-refractivity contribution in [3.05, 3.63) is 72.6 Å². The molecule has 6 rings (SSSR count). The molecular formula is C28H24FN9O3S. The van der Waals surface area contributed by atoms with E-state index in [0.29, 0.717) is 62.5 Å². The van der Waals surface area contributed by atoms with Gasteiger partial charge in [0.2, 0.25) is 15.9 Å². The molecule has 0 spiro atoms. The second kappa shape index (κ2) is 10.7. The van der Waals surface area contributed by atoms with E-state index in [1.807, 2.05) is 12.1 Å². The number of nitrogens with zero attached hydrogens (tertiary/aromatic N) is 5. The smallest absolute Gasteiger partial charge is 0.224 e. The van der Waals surface area contributed by atoms with Crippen LogP contribution in [-0.4, -0.2) is 55.7 Å². The monoisotopic (exact) mass is 585 g/mol. The minimum Gasteiger partial charge on any atom is -0.335 e. The van der Waals surface area contributed by atoms with E-state index in [2.05, 4.69) is 45.2 Å². The lowest BCUT2D eigenvalue weighted by atomic mass is 10.0. The highest BCUT2D eigenvalue weighted by molar-refractivity contribution is 7.88. The van der Waals surface area contributed by atoms with E-state index in [1.165, 1.54) is 12.1 Å². The molecule has 212 valence electrons. The Morgan fingerprint density at radius 2 is 1.83 bits per heavy atom. The summed E-state index contributed by atoms with van der Waals surface area (Å²) in [7, 11) is -3.45. The number of hydrogen-bond acceptors (Lipinski definition) is 8. The minimum atomic E-state index is -3.45. The van der Waals surface area contributed by atoms with Crippen molar-refractivity contribution < 1.29 is 17.6 Å². The molecule has 5 heterocycles. The molecule has 1 amide bonds. The lowest BCUT2D eigenvalue weighted by molar-refractivity contribution is -0.115. The number of nitrogens with one attached hydrogen (secondary N) is 4. The van der Waals surface area contributed by atoms with Crippen molar-refractivity contribution in [1.29, 1.82) is 0 Å². The zero-order valence-electron chi connectivity index (χ0n) is 22.4. The SMILES string of the molecule is CCC(=O)Nc1cncc(-c2cnc3n[nH]c(-c4nc5nccc(-c6cc(F)cc(CNS(C)(=O)=O)c6)c5[nH]4)c3c2)c1. The highest BCUT2D eigenvalue weighted by atomic mass is 32.2. The average Bonchev–Trinajstić information content (AvgIpc) is 3.59. The molecule has 42 heavy (non-hydrogen) atoms. The van der Waals surface area contributed by atoms with Crippen LogP contribution in [0.2, 0.25) is 0 Å². The van der Waals surface area contributed by atoms with Gasteiger partial charge in [0.1, 0.15) is 11.5 Å². The van der Waals surface area contributed by atoms with E-state index in [9.17, 15) is 17.6 Å². The second-order valence-corrected chi connectivity index (χ2v) is 11.5. The number of sulfonamides is 1. The van der Waals surface area contributed by atoms with Crippen molar-refractivity contribution in [2.75, 3.05) is 11.6 Å². The van der Waals surface area contributed by atoms with Crippen LogP contribution in [0, 0.1) is 5.82 Å². The molecule has 0 saturated heterocycles. The molecule has 0 unspecified atom stereocenters. The third-order valence-corrected chi connectivity index (χ3v) is 7.19. The Hall–Kier alpha value is -5.08. The summed E-state index contributed by atoms with van der Waals surface area (Å²) in [5.74, 6) is -0.171. The quantitative estimate of drug-likeness (QED) is 0.206. The Balaban J connectivity index is 1.39. The summed E-state index contributed by atoms with van der Waals surface area (Å²) in [6.45, 7) is 1.72. The van der Waals surface area contributed by atoms with E-state index in [1.54, 1.807) is 43.8 Å². The zero-order chi connectivity index (χ0) is 29.4. The van der Waals surface area contributed by atoms with Gasteiger partial charge in [0.05, 0.1) is 29.0 Å². The van der Waals surface area contributed by atoms with E-state index in [0.717, 1.165) is 17.4 Å². The molecule has 1 aromatic carbocycles. The van der Waals surface area contributed by atoms with Crippen LogP contribution in [0.3, 0.4) is 0 Å². The average molecular weight is 586 g/mol. The lowest BCUT2D eigenvalue weighted by Gasteiger charge is -2.08. The number of carbonyl (C=O) groups is 1. The van der Waals surface area contributed by atoms with Gasteiger partial charge in [-0.2, -0.15) is 5.10 Å². The third kappa shape index (κ3) is 5.57. The molecular weight excluding hydrogens is 561 g/mol. The van der Waals surface area contributed by atoms with Crippen LogP contribution in [0.4, 0.5) is 10.1 Å². The molecule has 6 aromatic rings. The Kier molecular flexibility index (Phi) is 6.92. The molecule has 4 N–H and O–H groups in total. The lowest BCUT2D eigenvalue weighted by Crippen LogP contribution is -2.21. The first-order valence-corrected chi connectivity index (χ1v) is 14.7. The molecule has 12 nitrogen and oxygen atoms in total. The fourth-order valence-electron chi connectivity index (χ4n) is 4.55. The first kappa shape index (κ1) is 27.1. The van der Waals surface area contributed by atoms with E-state index in [4.69, 9.17) is 0 Å². The standard InChI is InChI=1S/C28H24FN9O3S/c1-3-23(39)34-20-9-17(12-30-14-20)18-10-22-25(37-38-26(22)32-13-18)28-35-24-21(4-5-31-27(24)36-28)16-6-15(7-19(29)8-16)11-33-42(2,40)41/h4-10,12-14,33H,3,11H2,1-2H3,(H,34,39)(H,31,35,36)(H,32,37,38). The molecule has 0 aliphatic rings. The molecule has 0 saturated carbocycles. The van der Waals surface area contributed by atoms with Crippen molar-refractivity contribution in [3.8, 4) is 33.8 Å². The Labute approximate surface area is 238 Å². The molecule has 5 aromatic heterocycles. The summed E-state index contributed by atoms with van der Waals surface area (Å²) in [4.78, 5) is 32.9. The first-order chi connectivity index (χ1) is 20.2. The number of fused-ring (bicyclic) bond motifs is 2. The molecule has 0 fully saturated rings. The number of H-pyrrole nitrogens is 2. The number of anilines is 1. The van der Waals surface area contributed by atoms with Crippen LogP contribution < -0.4 is 10.0 Å². The summed E-state index contributed by atoms with van der Waals surface area (Å²) in [5, 5.41) is 10.8. The fraction of sp³-hybridized carbons (Fsp3) is 0.143. The van der Waals surface area contributed by atoms with Gasteiger partial charge in [-0.05, 0) is 47.5 Å². The Morgan fingerprint density at radius 3 is 2.64 bits per heavy atom. The first-order valence-electron chi connectivity index (χ1n) is 12.9. The Bertz CT molecular complexity index is 2090. The highest BCUT2D eigenvalue weighted by Crippen LogP contribution is 2.32. The van der Waals surface area contributed by atoms with Gasteiger partial charge in [-0.15, -0.1) is 0 Å².